The lowest BCUT2D eigenvalue weighted by Crippen LogP contribution is -2.14. The van der Waals surface area contributed by atoms with Crippen LogP contribution in [0.15, 0.2) is 66.2 Å². The van der Waals surface area contributed by atoms with Crippen molar-refractivity contribution < 1.29 is 23.6 Å². The summed E-state index contributed by atoms with van der Waals surface area (Å²) in [5, 5.41) is 23.3. The number of rotatable bonds is 9. The number of benzene rings is 3. The first-order valence-electron chi connectivity index (χ1n) is 10.6. The minimum Gasteiger partial charge on any atom is -0.490 e. The van der Waals surface area contributed by atoms with E-state index in [9.17, 15) is 24.6 Å². The van der Waals surface area contributed by atoms with Crippen molar-refractivity contribution in [3.8, 4) is 17.6 Å². The largest absolute Gasteiger partial charge is 0.490 e. The topological polar surface area (TPSA) is 114 Å². The summed E-state index contributed by atoms with van der Waals surface area (Å²) in [4.78, 5) is 23.4. The molecule has 0 radical (unpaired) electrons. The average Bonchev–Trinajstić information content (AvgIpc) is 2.84. The minimum atomic E-state index is -0.783. The van der Waals surface area contributed by atoms with E-state index in [0.717, 1.165) is 5.56 Å². The maximum atomic E-state index is 13.1. The molecule has 35 heavy (non-hydrogen) atoms. The highest BCUT2D eigenvalue weighted by molar-refractivity contribution is 6.10. The van der Waals surface area contributed by atoms with Gasteiger partial charge in [-0.25, -0.2) is 4.39 Å². The number of hydrogen-bond acceptors (Lipinski definition) is 6. The molecule has 3 aromatic rings. The van der Waals surface area contributed by atoms with Gasteiger partial charge in [-0.15, -0.1) is 0 Å². The zero-order chi connectivity index (χ0) is 25.4. The van der Waals surface area contributed by atoms with Crippen LogP contribution in [0.1, 0.15) is 23.6 Å². The maximum absolute atomic E-state index is 13.1. The molecule has 0 saturated heterocycles. The molecule has 178 valence electrons. The van der Waals surface area contributed by atoms with Crippen LogP contribution in [0, 0.1) is 34.2 Å². The predicted octanol–water partition coefficient (Wildman–Crippen LogP) is 5.57. The molecule has 3 aromatic carbocycles. The highest BCUT2D eigenvalue weighted by Gasteiger charge is 2.18. The van der Waals surface area contributed by atoms with E-state index in [-0.39, 0.29) is 29.4 Å². The second-order valence-electron chi connectivity index (χ2n) is 7.46. The minimum absolute atomic E-state index is 0.00806. The molecule has 0 heterocycles. The Kier molecular flexibility index (Phi) is 8.14. The molecule has 0 aromatic heterocycles. The zero-order valence-corrected chi connectivity index (χ0v) is 19.1. The van der Waals surface area contributed by atoms with Crippen molar-refractivity contribution in [2.45, 2.75) is 20.5 Å². The van der Waals surface area contributed by atoms with Crippen LogP contribution in [0.4, 0.5) is 15.8 Å². The highest BCUT2D eigenvalue weighted by atomic mass is 19.1. The molecule has 0 aliphatic carbocycles. The second-order valence-corrected chi connectivity index (χ2v) is 7.46. The monoisotopic (exact) mass is 475 g/mol. The number of amides is 1. The number of carbonyl (C=O) groups excluding carboxylic acids is 1. The number of hydrogen-bond donors (Lipinski definition) is 1. The van der Waals surface area contributed by atoms with Crippen molar-refractivity contribution in [1.82, 2.24) is 0 Å². The normalized spacial score (nSPS) is 10.9. The van der Waals surface area contributed by atoms with Gasteiger partial charge in [-0.3, -0.25) is 14.9 Å². The fourth-order valence-electron chi connectivity index (χ4n) is 3.15. The summed E-state index contributed by atoms with van der Waals surface area (Å²) < 4.78 is 24.5. The van der Waals surface area contributed by atoms with Crippen molar-refractivity contribution >= 4 is 23.4 Å². The lowest BCUT2D eigenvalue weighted by atomic mass is 10.1. The third-order valence-corrected chi connectivity index (χ3v) is 4.85. The van der Waals surface area contributed by atoms with E-state index in [2.05, 4.69) is 5.32 Å². The average molecular weight is 475 g/mol. The number of nitro groups is 1. The third kappa shape index (κ3) is 6.65. The standard InChI is InChI=1S/C26H22FN3O5/c1-3-34-25-14-19(7-11-24(25)35-16-18-5-8-21(27)9-6-18)13-20(15-28)26(31)29-22-10-4-17(2)12-23(22)30(32)33/h4-14H,3,16H2,1-2H3,(H,29,31)/b20-13+. The van der Waals surface area contributed by atoms with Gasteiger partial charge in [0.2, 0.25) is 0 Å². The number of nitriles is 1. The van der Waals surface area contributed by atoms with Crippen molar-refractivity contribution in [3.05, 3.63) is 98.9 Å². The van der Waals surface area contributed by atoms with Crippen molar-refractivity contribution in [2.75, 3.05) is 11.9 Å². The van der Waals surface area contributed by atoms with Gasteiger partial charge in [-0.05, 0) is 66.9 Å². The molecule has 0 spiro atoms. The third-order valence-electron chi connectivity index (χ3n) is 4.85. The number of anilines is 1. The van der Waals surface area contributed by atoms with E-state index >= 15 is 0 Å². The molecule has 1 amide bonds. The molecule has 0 bridgehead atoms. The Labute approximate surface area is 201 Å². The molecule has 8 nitrogen and oxygen atoms in total. The van der Waals surface area contributed by atoms with Gasteiger partial charge in [-0.2, -0.15) is 5.26 Å². The summed E-state index contributed by atoms with van der Waals surface area (Å²) in [5.74, 6) is -0.287. The van der Waals surface area contributed by atoms with Gasteiger partial charge in [0.1, 0.15) is 29.8 Å². The molecule has 3 rings (SSSR count). The van der Waals surface area contributed by atoms with Gasteiger partial charge in [0.05, 0.1) is 11.5 Å². The number of nitrogens with zero attached hydrogens (tertiary/aromatic N) is 2. The molecule has 0 atom stereocenters. The van der Waals surface area contributed by atoms with E-state index in [1.54, 1.807) is 50.2 Å². The zero-order valence-electron chi connectivity index (χ0n) is 19.1. The molecular formula is C26H22FN3O5. The predicted molar refractivity (Wildman–Crippen MR) is 128 cm³/mol. The van der Waals surface area contributed by atoms with Crippen LogP contribution in [0.3, 0.4) is 0 Å². The highest BCUT2D eigenvalue weighted by Crippen LogP contribution is 2.31. The van der Waals surface area contributed by atoms with Crippen LogP contribution < -0.4 is 14.8 Å². The van der Waals surface area contributed by atoms with Gasteiger partial charge in [0, 0.05) is 6.07 Å². The SMILES string of the molecule is CCOc1cc(/C=C(\C#N)C(=O)Nc2ccc(C)cc2[N+](=O)[O-])ccc1OCc1ccc(F)cc1. The van der Waals surface area contributed by atoms with E-state index < -0.39 is 10.8 Å². The Balaban J connectivity index is 1.81. The molecule has 1 N–H and O–H groups in total. The first-order valence-corrected chi connectivity index (χ1v) is 10.6. The summed E-state index contributed by atoms with van der Waals surface area (Å²) >= 11 is 0. The van der Waals surface area contributed by atoms with E-state index in [0.29, 0.717) is 29.2 Å². The molecule has 9 heteroatoms. The Bertz CT molecular complexity index is 1310. The summed E-state index contributed by atoms with van der Waals surface area (Å²) in [5.41, 5.74) is 1.40. The van der Waals surface area contributed by atoms with Crippen LogP contribution >= 0.6 is 0 Å². The van der Waals surface area contributed by atoms with Crippen molar-refractivity contribution in [2.24, 2.45) is 0 Å². The lowest BCUT2D eigenvalue weighted by Gasteiger charge is -2.13. The Morgan fingerprint density at radius 1 is 1.11 bits per heavy atom. The number of nitrogens with one attached hydrogen (secondary N) is 1. The number of nitro benzene ring substituents is 1. The maximum Gasteiger partial charge on any atom is 0.293 e. The lowest BCUT2D eigenvalue weighted by molar-refractivity contribution is -0.384. The quantitative estimate of drug-likeness (QED) is 0.187. The Morgan fingerprint density at radius 3 is 2.51 bits per heavy atom. The van der Waals surface area contributed by atoms with Crippen molar-refractivity contribution in [1.29, 1.82) is 5.26 Å². The summed E-state index contributed by atoms with van der Waals surface area (Å²) in [6.45, 7) is 4.04. The molecule has 0 saturated carbocycles. The van der Waals surface area contributed by atoms with Crippen LogP contribution in [-0.2, 0) is 11.4 Å². The smallest absolute Gasteiger partial charge is 0.293 e. The van der Waals surface area contributed by atoms with Gasteiger partial charge in [-0.1, -0.05) is 24.3 Å². The van der Waals surface area contributed by atoms with Gasteiger partial charge >= 0.3 is 0 Å². The van der Waals surface area contributed by atoms with Crippen LogP contribution in [0.25, 0.3) is 6.08 Å². The van der Waals surface area contributed by atoms with E-state index in [4.69, 9.17) is 9.47 Å². The second kappa shape index (κ2) is 11.4. The molecule has 0 aliphatic heterocycles. The number of carbonyl (C=O) groups is 1. The first-order chi connectivity index (χ1) is 16.8. The molecule has 0 aliphatic rings. The Morgan fingerprint density at radius 2 is 1.86 bits per heavy atom. The van der Waals surface area contributed by atoms with Crippen LogP contribution in [0.5, 0.6) is 11.5 Å². The van der Waals surface area contributed by atoms with Gasteiger partial charge in [0.25, 0.3) is 11.6 Å². The van der Waals surface area contributed by atoms with E-state index in [1.165, 1.54) is 30.3 Å². The first kappa shape index (κ1) is 24.9. The van der Waals surface area contributed by atoms with Crippen molar-refractivity contribution in [3.63, 3.8) is 0 Å². The van der Waals surface area contributed by atoms with Gasteiger partial charge in [0.15, 0.2) is 11.5 Å². The number of ether oxygens (including phenoxy) is 2. The fourth-order valence-corrected chi connectivity index (χ4v) is 3.15. The molecule has 0 fully saturated rings. The fraction of sp³-hybridized carbons (Fsp3) is 0.154. The number of halogens is 1. The van der Waals surface area contributed by atoms with E-state index in [1.807, 2.05) is 6.07 Å². The van der Waals surface area contributed by atoms with Crippen LogP contribution in [0.2, 0.25) is 0 Å². The molecule has 0 unspecified atom stereocenters. The Hall–Kier alpha value is -4.71. The molecular weight excluding hydrogens is 453 g/mol. The van der Waals surface area contributed by atoms with Gasteiger partial charge < -0.3 is 14.8 Å². The summed E-state index contributed by atoms with van der Waals surface area (Å²) in [7, 11) is 0. The summed E-state index contributed by atoms with van der Waals surface area (Å²) in [6.07, 6.45) is 1.35. The summed E-state index contributed by atoms with van der Waals surface area (Å²) in [6, 6.07) is 17.0. The number of aryl methyl sites for hydroxylation is 1. The van der Waals surface area contributed by atoms with Crippen LogP contribution in [-0.4, -0.2) is 17.4 Å².